The second kappa shape index (κ2) is 5.93. The van der Waals surface area contributed by atoms with Gasteiger partial charge in [0.2, 0.25) is 9.84 Å². The molecule has 0 aliphatic rings. The molecule has 5 heteroatoms. The quantitative estimate of drug-likeness (QED) is 0.921. The van der Waals surface area contributed by atoms with Gasteiger partial charge in [-0.15, -0.1) is 0 Å². The largest absolute Gasteiger partial charge is 0.384 e. The second-order valence-electron chi connectivity index (χ2n) is 5.25. The van der Waals surface area contributed by atoms with Crippen LogP contribution >= 0.6 is 0 Å². The number of nitrogen functional groups attached to an aromatic ring is 1. The van der Waals surface area contributed by atoms with Crippen molar-refractivity contribution in [2.24, 2.45) is 0 Å². The molecule has 0 spiro atoms. The van der Waals surface area contributed by atoms with Gasteiger partial charge in [0.15, 0.2) is 0 Å². The molecule has 0 aliphatic heterocycles. The number of nitrogens with two attached hydrogens (primary N) is 1. The first-order valence-electron chi connectivity index (χ1n) is 7.16. The highest BCUT2D eigenvalue weighted by atomic mass is 32.2. The molecule has 0 saturated heterocycles. The lowest BCUT2D eigenvalue weighted by Crippen LogP contribution is -2.08. The Morgan fingerprint density at radius 3 is 2.33 bits per heavy atom. The number of nitrogens with zero attached hydrogens (tertiary/aromatic N) is 1. The van der Waals surface area contributed by atoms with Crippen LogP contribution in [0.5, 0.6) is 0 Å². The first-order valence-corrected chi connectivity index (χ1v) is 8.64. The third kappa shape index (κ3) is 2.70. The lowest BCUT2D eigenvalue weighted by molar-refractivity contribution is 0.595. The Morgan fingerprint density at radius 1 is 1.14 bits per heavy atom. The molecule has 2 aromatic rings. The highest BCUT2D eigenvalue weighted by molar-refractivity contribution is 7.91. The summed E-state index contributed by atoms with van der Waals surface area (Å²) < 4.78 is 27.6. The molecule has 0 atom stereocenters. The van der Waals surface area contributed by atoms with Crippen LogP contribution in [0.15, 0.2) is 40.1 Å². The normalized spacial score (nSPS) is 11.8. The minimum Gasteiger partial charge on any atom is -0.384 e. The van der Waals surface area contributed by atoms with Crippen LogP contribution in [0.2, 0.25) is 0 Å². The molecule has 0 amide bonds. The maximum absolute atomic E-state index is 12.8. The van der Waals surface area contributed by atoms with Gasteiger partial charge in [-0.05, 0) is 38.0 Å². The van der Waals surface area contributed by atoms with Crippen molar-refractivity contribution in [1.29, 1.82) is 0 Å². The molecule has 0 unspecified atom stereocenters. The molecular formula is C16H22N2O2S. The zero-order chi connectivity index (χ0) is 15.6. The number of unbranched alkanes of at least 4 members (excludes halogenated alkanes) is 1. The van der Waals surface area contributed by atoms with E-state index in [1.54, 1.807) is 30.3 Å². The lowest BCUT2D eigenvalue weighted by atomic mass is 10.3. The van der Waals surface area contributed by atoms with Gasteiger partial charge >= 0.3 is 0 Å². The van der Waals surface area contributed by atoms with Gasteiger partial charge in [-0.1, -0.05) is 31.5 Å². The Balaban J connectivity index is 2.60. The number of hydrogen-bond acceptors (Lipinski definition) is 3. The van der Waals surface area contributed by atoms with E-state index in [4.69, 9.17) is 5.73 Å². The van der Waals surface area contributed by atoms with E-state index in [0.717, 1.165) is 30.6 Å². The van der Waals surface area contributed by atoms with Gasteiger partial charge in [0.1, 0.15) is 10.7 Å². The summed E-state index contributed by atoms with van der Waals surface area (Å²) in [6.45, 7) is 6.60. The molecule has 0 bridgehead atoms. The average Bonchev–Trinajstić information content (AvgIpc) is 2.69. The minimum atomic E-state index is -3.57. The van der Waals surface area contributed by atoms with Crippen molar-refractivity contribution in [1.82, 2.24) is 4.57 Å². The van der Waals surface area contributed by atoms with Crippen molar-refractivity contribution >= 4 is 15.7 Å². The molecule has 1 aromatic carbocycles. The summed E-state index contributed by atoms with van der Waals surface area (Å²) in [5.41, 5.74) is 7.82. The van der Waals surface area contributed by atoms with E-state index in [1.807, 2.05) is 18.4 Å². The molecule has 1 heterocycles. The number of aromatic nitrogens is 1. The zero-order valence-corrected chi connectivity index (χ0v) is 13.6. The summed E-state index contributed by atoms with van der Waals surface area (Å²) in [5.74, 6) is 0.349. The minimum absolute atomic E-state index is 0.252. The Labute approximate surface area is 126 Å². The van der Waals surface area contributed by atoms with Crippen LogP contribution in [0.4, 0.5) is 5.82 Å². The zero-order valence-electron chi connectivity index (χ0n) is 12.8. The third-order valence-electron chi connectivity index (χ3n) is 3.87. The summed E-state index contributed by atoms with van der Waals surface area (Å²) in [6.07, 6.45) is 2.01. The van der Waals surface area contributed by atoms with E-state index in [1.165, 1.54) is 0 Å². The molecule has 21 heavy (non-hydrogen) atoms. The van der Waals surface area contributed by atoms with E-state index < -0.39 is 9.84 Å². The number of sulfone groups is 1. The molecule has 1 aromatic heterocycles. The third-order valence-corrected chi connectivity index (χ3v) is 5.81. The topological polar surface area (TPSA) is 65.1 Å². The Kier molecular flexibility index (Phi) is 4.42. The first-order chi connectivity index (χ1) is 9.91. The van der Waals surface area contributed by atoms with E-state index in [-0.39, 0.29) is 9.79 Å². The Bertz CT molecular complexity index is 731. The fraction of sp³-hybridized carbons (Fsp3) is 0.375. The number of anilines is 1. The van der Waals surface area contributed by atoms with Gasteiger partial charge < -0.3 is 10.3 Å². The van der Waals surface area contributed by atoms with Crippen LogP contribution in [0, 0.1) is 13.8 Å². The summed E-state index contributed by atoms with van der Waals surface area (Å²) in [7, 11) is -3.57. The monoisotopic (exact) mass is 306 g/mol. The highest BCUT2D eigenvalue weighted by Gasteiger charge is 2.27. The van der Waals surface area contributed by atoms with Gasteiger partial charge in [-0.25, -0.2) is 8.42 Å². The van der Waals surface area contributed by atoms with Gasteiger partial charge in [0.05, 0.1) is 4.90 Å². The van der Waals surface area contributed by atoms with Gasteiger partial charge in [0, 0.05) is 12.2 Å². The van der Waals surface area contributed by atoms with Crippen LogP contribution in [0.25, 0.3) is 0 Å². The van der Waals surface area contributed by atoms with Crippen molar-refractivity contribution < 1.29 is 8.42 Å². The number of benzene rings is 1. The fourth-order valence-electron chi connectivity index (χ4n) is 2.52. The standard InChI is InChI=1S/C16H22N2O2S/c1-4-5-11-18-13(3)12(2)15(16(18)17)21(19,20)14-9-7-6-8-10-14/h6-10H,4-5,11,17H2,1-3H3. The SMILES string of the molecule is CCCCn1c(C)c(C)c(S(=O)(=O)c2ccccc2)c1N. The highest BCUT2D eigenvalue weighted by Crippen LogP contribution is 2.33. The average molecular weight is 306 g/mol. The first kappa shape index (κ1) is 15.6. The van der Waals surface area contributed by atoms with E-state index in [0.29, 0.717) is 5.82 Å². The molecular weight excluding hydrogens is 284 g/mol. The molecule has 0 radical (unpaired) electrons. The van der Waals surface area contributed by atoms with Crippen molar-refractivity contribution in [2.75, 3.05) is 5.73 Å². The van der Waals surface area contributed by atoms with E-state index in [2.05, 4.69) is 6.92 Å². The second-order valence-corrected chi connectivity index (χ2v) is 7.13. The predicted molar refractivity (Wildman–Crippen MR) is 85.1 cm³/mol. The van der Waals surface area contributed by atoms with Gasteiger partial charge in [-0.2, -0.15) is 0 Å². The summed E-state index contributed by atoms with van der Waals surface area (Å²) in [5, 5.41) is 0. The van der Waals surface area contributed by atoms with Crippen molar-refractivity contribution in [2.45, 2.75) is 49.9 Å². The number of hydrogen-bond donors (Lipinski definition) is 1. The summed E-state index contributed by atoms with van der Waals surface area (Å²) in [6, 6.07) is 8.45. The fourth-order valence-corrected chi connectivity index (χ4v) is 4.21. The molecule has 2 N–H and O–H groups in total. The predicted octanol–water partition coefficient (Wildman–Crippen LogP) is 3.32. The van der Waals surface area contributed by atoms with Crippen molar-refractivity contribution in [3.8, 4) is 0 Å². The molecule has 2 rings (SSSR count). The Hall–Kier alpha value is -1.75. The van der Waals surface area contributed by atoms with Crippen molar-refractivity contribution in [3.63, 3.8) is 0 Å². The maximum atomic E-state index is 12.8. The van der Waals surface area contributed by atoms with E-state index >= 15 is 0 Å². The molecule has 4 nitrogen and oxygen atoms in total. The van der Waals surface area contributed by atoms with Crippen molar-refractivity contribution in [3.05, 3.63) is 41.6 Å². The summed E-state index contributed by atoms with van der Waals surface area (Å²) >= 11 is 0. The van der Waals surface area contributed by atoms with Crippen LogP contribution in [0.1, 0.15) is 31.0 Å². The Morgan fingerprint density at radius 2 is 1.76 bits per heavy atom. The number of rotatable bonds is 5. The van der Waals surface area contributed by atoms with Crippen LogP contribution in [-0.4, -0.2) is 13.0 Å². The van der Waals surface area contributed by atoms with E-state index in [9.17, 15) is 8.42 Å². The van der Waals surface area contributed by atoms with Crippen LogP contribution in [0.3, 0.4) is 0 Å². The van der Waals surface area contributed by atoms with Crippen LogP contribution < -0.4 is 5.73 Å². The van der Waals surface area contributed by atoms with Crippen LogP contribution in [-0.2, 0) is 16.4 Å². The molecule has 114 valence electrons. The molecule has 0 aliphatic carbocycles. The van der Waals surface area contributed by atoms with Gasteiger partial charge in [-0.3, -0.25) is 0 Å². The smallest absolute Gasteiger partial charge is 0.210 e. The molecule has 0 fully saturated rings. The molecule has 0 saturated carbocycles. The lowest BCUT2D eigenvalue weighted by Gasteiger charge is -2.08. The van der Waals surface area contributed by atoms with Gasteiger partial charge in [0.25, 0.3) is 0 Å². The maximum Gasteiger partial charge on any atom is 0.210 e. The summed E-state index contributed by atoms with van der Waals surface area (Å²) in [4.78, 5) is 0.537.